The molecule has 1 atom stereocenters. The van der Waals surface area contributed by atoms with Crippen LogP contribution < -0.4 is 4.90 Å². The maximum atomic E-state index is 13.1. The van der Waals surface area contributed by atoms with Crippen molar-refractivity contribution in [3.63, 3.8) is 0 Å². The molecule has 1 amide bonds. The van der Waals surface area contributed by atoms with E-state index in [4.69, 9.17) is 16.3 Å². The minimum atomic E-state index is -0.131. The summed E-state index contributed by atoms with van der Waals surface area (Å²) in [5.41, 5.74) is 3.37. The lowest BCUT2D eigenvalue weighted by Gasteiger charge is -2.36. The van der Waals surface area contributed by atoms with Crippen molar-refractivity contribution in [3.05, 3.63) is 76.6 Å². The van der Waals surface area contributed by atoms with Crippen LogP contribution >= 0.6 is 11.6 Å². The molecule has 2 aliphatic heterocycles. The summed E-state index contributed by atoms with van der Waals surface area (Å²) < 4.78 is 7.81. The van der Waals surface area contributed by atoms with Gasteiger partial charge in [0.2, 0.25) is 0 Å². The van der Waals surface area contributed by atoms with Gasteiger partial charge in [-0.2, -0.15) is 0 Å². The van der Waals surface area contributed by atoms with Gasteiger partial charge in [-0.25, -0.2) is 4.68 Å². The number of rotatable bonds is 3. The maximum absolute atomic E-state index is 13.1. The number of aromatic nitrogens is 3. The van der Waals surface area contributed by atoms with E-state index < -0.39 is 0 Å². The third-order valence-corrected chi connectivity index (χ3v) is 5.98. The average Bonchev–Trinajstić information content (AvgIpc) is 3.23. The van der Waals surface area contributed by atoms with Gasteiger partial charge in [-0.15, -0.1) is 5.10 Å². The van der Waals surface area contributed by atoms with E-state index in [1.165, 1.54) is 5.69 Å². The minimum absolute atomic E-state index is 0.0718. The first-order chi connectivity index (χ1) is 14.7. The molecule has 0 N–H and O–H groups in total. The lowest BCUT2D eigenvalue weighted by atomic mass is 10.1. The van der Waals surface area contributed by atoms with E-state index in [1.54, 1.807) is 4.68 Å². The largest absolute Gasteiger partial charge is 0.368 e. The van der Waals surface area contributed by atoms with E-state index in [1.807, 2.05) is 47.4 Å². The molecular weight excluding hydrogens is 402 g/mol. The molecule has 8 heteroatoms. The van der Waals surface area contributed by atoms with Crippen LogP contribution in [0.25, 0.3) is 0 Å². The van der Waals surface area contributed by atoms with Crippen LogP contribution in [0.5, 0.6) is 0 Å². The number of para-hydroxylation sites is 1. The zero-order chi connectivity index (χ0) is 20.5. The standard InChI is InChI=1S/C22H22ClN5O2/c23-17-8-6-16(7-9-17)20-14-28-19(15-30-20)21(24-25-28)22(29)27-12-10-26(11-13-27)18-4-2-1-3-5-18/h1-9,20H,10-15H2/t20-/m1/s1. The lowest BCUT2D eigenvalue weighted by Crippen LogP contribution is -2.49. The molecule has 154 valence electrons. The van der Waals surface area contributed by atoms with Crippen molar-refractivity contribution in [2.45, 2.75) is 19.3 Å². The number of amides is 1. The monoisotopic (exact) mass is 423 g/mol. The summed E-state index contributed by atoms with van der Waals surface area (Å²) in [5, 5.41) is 9.12. The number of benzene rings is 2. The molecule has 0 bridgehead atoms. The number of carbonyl (C=O) groups is 1. The molecule has 1 aromatic heterocycles. The van der Waals surface area contributed by atoms with Gasteiger partial charge < -0.3 is 14.5 Å². The van der Waals surface area contributed by atoms with Crippen LogP contribution in [-0.2, 0) is 17.9 Å². The van der Waals surface area contributed by atoms with Gasteiger partial charge in [0, 0.05) is 36.9 Å². The summed E-state index contributed by atoms with van der Waals surface area (Å²) in [6.45, 7) is 3.76. The minimum Gasteiger partial charge on any atom is -0.368 e. The van der Waals surface area contributed by atoms with Gasteiger partial charge in [0.25, 0.3) is 5.91 Å². The molecule has 3 heterocycles. The van der Waals surface area contributed by atoms with Crippen molar-refractivity contribution in [1.82, 2.24) is 19.9 Å². The normalized spacial score (nSPS) is 18.9. The second-order valence-corrected chi connectivity index (χ2v) is 7.97. The molecule has 7 nitrogen and oxygen atoms in total. The molecule has 3 aromatic rings. The average molecular weight is 424 g/mol. The number of nitrogens with zero attached hydrogens (tertiary/aromatic N) is 5. The predicted octanol–water partition coefficient (Wildman–Crippen LogP) is 3.17. The van der Waals surface area contributed by atoms with Crippen LogP contribution in [0.1, 0.15) is 27.8 Å². The van der Waals surface area contributed by atoms with Crippen LogP contribution in [-0.4, -0.2) is 52.0 Å². The van der Waals surface area contributed by atoms with Gasteiger partial charge in [0.1, 0.15) is 6.10 Å². The molecule has 5 rings (SSSR count). The van der Waals surface area contributed by atoms with Crippen molar-refractivity contribution in [1.29, 1.82) is 0 Å². The highest BCUT2D eigenvalue weighted by atomic mass is 35.5. The number of halogens is 1. The smallest absolute Gasteiger partial charge is 0.276 e. The highest BCUT2D eigenvalue weighted by molar-refractivity contribution is 6.30. The van der Waals surface area contributed by atoms with E-state index in [2.05, 4.69) is 27.3 Å². The molecular formula is C22H22ClN5O2. The number of anilines is 1. The number of ether oxygens (including phenoxy) is 1. The third-order valence-electron chi connectivity index (χ3n) is 5.73. The number of piperazine rings is 1. The van der Waals surface area contributed by atoms with Crippen LogP contribution in [0.15, 0.2) is 54.6 Å². The summed E-state index contributed by atoms with van der Waals surface area (Å²) in [6, 6.07) is 17.9. The fourth-order valence-electron chi connectivity index (χ4n) is 4.01. The van der Waals surface area contributed by atoms with Gasteiger partial charge in [0.05, 0.1) is 18.8 Å². The third kappa shape index (κ3) is 3.66. The SMILES string of the molecule is O=C(c1nnn2c1CO[C@@H](c1ccc(Cl)cc1)C2)N1CCN(c2ccccc2)CC1. The Morgan fingerprint density at radius 1 is 1.00 bits per heavy atom. The zero-order valence-electron chi connectivity index (χ0n) is 16.4. The summed E-state index contributed by atoms with van der Waals surface area (Å²) >= 11 is 5.97. The van der Waals surface area contributed by atoms with Crippen molar-refractivity contribution in [3.8, 4) is 0 Å². The van der Waals surface area contributed by atoms with Crippen molar-refractivity contribution >= 4 is 23.2 Å². The Morgan fingerprint density at radius 2 is 1.73 bits per heavy atom. The Labute approximate surface area is 179 Å². The molecule has 1 fully saturated rings. The number of hydrogen-bond acceptors (Lipinski definition) is 5. The first kappa shape index (κ1) is 19.1. The Balaban J connectivity index is 1.26. The van der Waals surface area contributed by atoms with E-state index in [9.17, 15) is 4.79 Å². The van der Waals surface area contributed by atoms with Crippen molar-refractivity contribution in [2.75, 3.05) is 31.1 Å². The van der Waals surface area contributed by atoms with Gasteiger partial charge in [-0.3, -0.25) is 4.79 Å². The van der Waals surface area contributed by atoms with E-state index >= 15 is 0 Å². The van der Waals surface area contributed by atoms with E-state index in [-0.39, 0.29) is 12.0 Å². The van der Waals surface area contributed by atoms with Crippen LogP contribution in [0.3, 0.4) is 0 Å². The Bertz CT molecular complexity index is 1030. The summed E-state index contributed by atoms with van der Waals surface area (Å²) in [5.74, 6) is -0.0718. The highest BCUT2D eigenvalue weighted by Gasteiger charge is 2.31. The second kappa shape index (κ2) is 8.08. The molecule has 0 unspecified atom stereocenters. The maximum Gasteiger partial charge on any atom is 0.276 e. The van der Waals surface area contributed by atoms with Crippen molar-refractivity contribution in [2.24, 2.45) is 0 Å². The first-order valence-corrected chi connectivity index (χ1v) is 10.5. The Morgan fingerprint density at radius 3 is 2.47 bits per heavy atom. The molecule has 0 spiro atoms. The van der Waals surface area contributed by atoms with Gasteiger partial charge in [-0.05, 0) is 29.8 Å². The molecule has 2 aliphatic rings. The lowest BCUT2D eigenvalue weighted by molar-refractivity contribution is -0.00196. The van der Waals surface area contributed by atoms with Gasteiger partial charge >= 0.3 is 0 Å². The topological polar surface area (TPSA) is 63.5 Å². The van der Waals surface area contributed by atoms with Gasteiger partial charge in [-0.1, -0.05) is 47.1 Å². The van der Waals surface area contributed by atoms with Crippen LogP contribution in [0.4, 0.5) is 5.69 Å². The molecule has 30 heavy (non-hydrogen) atoms. The quantitative estimate of drug-likeness (QED) is 0.647. The van der Waals surface area contributed by atoms with E-state index in [0.717, 1.165) is 24.3 Å². The van der Waals surface area contributed by atoms with Gasteiger partial charge in [0.15, 0.2) is 5.69 Å². The fourth-order valence-corrected chi connectivity index (χ4v) is 4.14. The molecule has 0 aliphatic carbocycles. The summed E-state index contributed by atoms with van der Waals surface area (Å²) in [4.78, 5) is 17.2. The number of carbonyl (C=O) groups excluding carboxylic acids is 1. The predicted molar refractivity (Wildman–Crippen MR) is 114 cm³/mol. The van der Waals surface area contributed by atoms with E-state index in [0.29, 0.717) is 37.0 Å². The Kier molecular flexibility index (Phi) is 5.14. The number of fused-ring (bicyclic) bond motifs is 1. The van der Waals surface area contributed by atoms with Crippen LogP contribution in [0, 0.1) is 0 Å². The molecule has 1 saturated heterocycles. The summed E-state index contributed by atoms with van der Waals surface area (Å²) in [7, 11) is 0. The molecule has 0 saturated carbocycles. The number of hydrogen-bond donors (Lipinski definition) is 0. The summed E-state index contributed by atoms with van der Waals surface area (Å²) in [6.07, 6.45) is -0.131. The fraction of sp³-hybridized carbons (Fsp3) is 0.318. The molecule has 0 radical (unpaired) electrons. The Hall–Kier alpha value is -2.90. The van der Waals surface area contributed by atoms with Crippen LogP contribution in [0.2, 0.25) is 5.02 Å². The van der Waals surface area contributed by atoms with Crippen molar-refractivity contribution < 1.29 is 9.53 Å². The first-order valence-electron chi connectivity index (χ1n) is 10.1. The zero-order valence-corrected chi connectivity index (χ0v) is 17.2. The second-order valence-electron chi connectivity index (χ2n) is 7.53. The highest BCUT2D eigenvalue weighted by Crippen LogP contribution is 2.28. The molecule has 2 aromatic carbocycles.